The fourth-order valence-corrected chi connectivity index (χ4v) is 3.86. The predicted octanol–water partition coefficient (Wildman–Crippen LogP) is 2.50. The molecule has 2 amide bonds. The third-order valence-corrected chi connectivity index (χ3v) is 5.42. The van der Waals surface area contributed by atoms with E-state index in [1.165, 1.54) is 23.1 Å². The topological polar surface area (TPSA) is 75.2 Å². The third-order valence-electron chi connectivity index (χ3n) is 3.63. The van der Waals surface area contributed by atoms with Crippen molar-refractivity contribution < 1.29 is 9.59 Å². The summed E-state index contributed by atoms with van der Waals surface area (Å²) in [6.07, 6.45) is 0.296. The molecule has 6 nitrogen and oxygen atoms in total. The van der Waals surface area contributed by atoms with Crippen LogP contribution in [0.5, 0.6) is 0 Å². The monoisotopic (exact) mass is 348 g/mol. The Kier molecular flexibility index (Phi) is 4.92. The van der Waals surface area contributed by atoms with Gasteiger partial charge in [-0.05, 0) is 31.2 Å². The molecule has 2 heterocycles. The van der Waals surface area contributed by atoms with Gasteiger partial charge < -0.3 is 10.2 Å². The lowest BCUT2D eigenvalue weighted by atomic mass is 10.1. The normalized spacial score (nSPS) is 17.5. The van der Waals surface area contributed by atoms with Crippen molar-refractivity contribution in [2.75, 3.05) is 18.4 Å². The van der Waals surface area contributed by atoms with E-state index in [0.717, 1.165) is 14.9 Å². The SMILES string of the molecule is CCN1C[C@@H](C(=O)Nc2ccc(Sc3nncs3)cc2)CC1=O. The molecule has 0 aliphatic carbocycles. The van der Waals surface area contributed by atoms with Crippen molar-refractivity contribution in [1.29, 1.82) is 0 Å². The minimum atomic E-state index is -0.266. The number of nitrogens with zero attached hydrogens (tertiary/aromatic N) is 3. The number of nitrogens with one attached hydrogen (secondary N) is 1. The smallest absolute Gasteiger partial charge is 0.229 e. The van der Waals surface area contributed by atoms with Gasteiger partial charge in [-0.1, -0.05) is 23.1 Å². The maximum atomic E-state index is 12.3. The van der Waals surface area contributed by atoms with Gasteiger partial charge in [-0.15, -0.1) is 10.2 Å². The second-order valence-electron chi connectivity index (χ2n) is 5.15. The Bertz CT molecular complexity index is 688. The molecule has 120 valence electrons. The van der Waals surface area contributed by atoms with Gasteiger partial charge in [0.05, 0.1) is 5.92 Å². The molecule has 8 heteroatoms. The number of anilines is 1. The average molecular weight is 348 g/mol. The van der Waals surface area contributed by atoms with Gasteiger partial charge in [-0.2, -0.15) is 0 Å². The number of hydrogen-bond acceptors (Lipinski definition) is 6. The number of carbonyl (C=O) groups excluding carboxylic acids is 2. The van der Waals surface area contributed by atoms with Gasteiger partial charge in [0.1, 0.15) is 5.51 Å². The predicted molar refractivity (Wildman–Crippen MR) is 89.5 cm³/mol. The van der Waals surface area contributed by atoms with Crippen LogP contribution in [0.4, 0.5) is 5.69 Å². The highest BCUT2D eigenvalue weighted by molar-refractivity contribution is 8.01. The number of benzene rings is 1. The van der Waals surface area contributed by atoms with Gasteiger partial charge in [0.15, 0.2) is 4.34 Å². The number of rotatable bonds is 5. The van der Waals surface area contributed by atoms with Crippen LogP contribution in [0.2, 0.25) is 0 Å². The summed E-state index contributed by atoms with van der Waals surface area (Å²) in [4.78, 5) is 26.7. The Morgan fingerprint density at radius 1 is 1.43 bits per heavy atom. The molecular weight excluding hydrogens is 332 g/mol. The number of hydrogen-bond donors (Lipinski definition) is 1. The Morgan fingerprint density at radius 3 is 2.83 bits per heavy atom. The average Bonchev–Trinajstić information content (AvgIpc) is 3.18. The molecule has 3 rings (SSSR count). The fourth-order valence-electron chi connectivity index (χ4n) is 2.41. The molecule has 1 atom stereocenters. The summed E-state index contributed by atoms with van der Waals surface area (Å²) < 4.78 is 0.880. The fraction of sp³-hybridized carbons (Fsp3) is 0.333. The van der Waals surface area contributed by atoms with Gasteiger partial charge in [0, 0.05) is 30.1 Å². The largest absolute Gasteiger partial charge is 0.342 e. The summed E-state index contributed by atoms with van der Waals surface area (Å²) in [5.74, 6) is -0.312. The number of carbonyl (C=O) groups is 2. The van der Waals surface area contributed by atoms with Crippen molar-refractivity contribution in [2.45, 2.75) is 22.6 Å². The van der Waals surface area contributed by atoms with E-state index in [-0.39, 0.29) is 17.7 Å². The van der Waals surface area contributed by atoms with Crippen molar-refractivity contribution in [3.8, 4) is 0 Å². The molecule has 0 unspecified atom stereocenters. The zero-order valence-electron chi connectivity index (χ0n) is 12.6. The zero-order valence-corrected chi connectivity index (χ0v) is 14.2. The quantitative estimate of drug-likeness (QED) is 0.898. The van der Waals surface area contributed by atoms with Crippen molar-refractivity contribution in [3.63, 3.8) is 0 Å². The van der Waals surface area contributed by atoms with Crippen molar-refractivity contribution in [1.82, 2.24) is 15.1 Å². The van der Waals surface area contributed by atoms with Crippen LogP contribution in [0, 0.1) is 5.92 Å². The van der Waals surface area contributed by atoms with Crippen LogP contribution in [0.25, 0.3) is 0 Å². The molecule has 0 bridgehead atoms. The van der Waals surface area contributed by atoms with Crippen molar-refractivity contribution >= 4 is 40.6 Å². The Morgan fingerprint density at radius 2 is 2.22 bits per heavy atom. The first kappa shape index (κ1) is 15.9. The summed E-state index contributed by atoms with van der Waals surface area (Å²) in [5, 5.41) is 10.7. The van der Waals surface area contributed by atoms with Crippen LogP contribution < -0.4 is 5.32 Å². The van der Waals surface area contributed by atoms with E-state index in [9.17, 15) is 9.59 Å². The lowest BCUT2D eigenvalue weighted by Gasteiger charge is -2.13. The van der Waals surface area contributed by atoms with Crippen LogP contribution in [-0.4, -0.2) is 40.0 Å². The Balaban J connectivity index is 1.58. The van der Waals surface area contributed by atoms with E-state index in [1.54, 1.807) is 10.4 Å². The first-order valence-electron chi connectivity index (χ1n) is 7.28. The van der Waals surface area contributed by atoms with Crippen LogP contribution in [0.1, 0.15) is 13.3 Å². The second kappa shape index (κ2) is 7.10. The third kappa shape index (κ3) is 3.89. The van der Waals surface area contributed by atoms with Crippen LogP contribution >= 0.6 is 23.1 Å². The molecule has 1 aromatic carbocycles. The van der Waals surface area contributed by atoms with Crippen LogP contribution in [0.3, 0.4) is 0 Å². The summed E-state index contributed by atoms with van der Waals surface area (Å²) in [6, 6.07) is 7.57. The Hall–Kier alpha value is -1.93. The molecule has 1 saturated heterocycles. The molecule has 0 spiro atoms. The lowest BCUT2D eigenvalue weighted by molar-refractivity contribution is -0.128. The number of amides is 2. The molecule has 1 N–H and O–H groups in total. The van der Waals surface area contributed by atoms with Gasteiger partial charge in [0.25, 0.3) is 0 Å². The molecule has 1 aliphatic rings. The maximum Gasteiger partial charge on any atom is 0.229 e. The highest BCUT2D eigenvalue weighted by Crippen LogP contribution is 2.29. The lowest BCUT2D eigenvalue weighted by Crippen LogP contribution is -2.28. The molecule has 1 fully saturated rings. The van der Waals surface area contributed by atoms with Gasteiger partial charge in [-0.3, -0.25) is 9.59 Å². The first-order valence-corrected chi connectivity index (χ1v) is 8.98. The molecular formula is C15H16N4O2S2. The number of aromatic nitrogens is 2. The standard InChI is InChI=1S/C15H16N4O2S2/c1-2-19-8-10(7-13(19)20)14(21)17-11-3-5-12(6-4-11)23-15-18-16-9-22-15/h3-6,9-10H,2,7-8H2,1H3,(H,17,21)/t10-/m0/s1. The zero-order chi connectivity index (χ0) is 16.2. The van der Waals surface area contributed by atoms with E-state index in [2.05, 4.69) is 15.5 Å². The van der Waals surface area contributed by atoms with E-state index in [4.69, 9.17) is 0 Å². The highest BCUT2D eigenvalue weighted by atomic mass is 32.2. The van der Waals surface area contributed by atoms with E-state index in [1.807, 2.05) is 31.2 Å². The van der Waals surface area contributed by atoms with E-state index < -0.39 is 0 Å². The molecule has 0 saturated carbocycles. The van der Waals surface area contributed by atoms with E-state index in [0.29, 0.717) is 19.5 Å². The van der Waals surface area contributed by atoms with Gasteiger partial charge >= 0.3 is 0 Å². The van der Waals surface area contributed by atoms with Crippen LogP contribution in [0.15, 0.2) is 39.0 Å². The minimum Gasteiger partial charge on any atom is -0.342 e. The summed E-state index contributed by atoms with van der Waals surface area (Å²) in [6.45, 7) is 3.08. The first-order chi connectivity index (χ1) is 11.2. The molecule has 1 aromatic heterocycles. The number of likely N-dealkylation sites (tertiary alicyclic amines) is 1. The van der Waals surface area contributed by atoms with Crippen LogP contribution in [-0.2, 0) is 9.59 Å². The van der Waals surface area contributed by atoms with Gasteiger partial charge in [0.2, 0.25) is 11.8 Å². The molecule has 0 radical (unpaired) electrons. The second-order valence-corrected chi connectivity index (χ2v) is 7.31. The maximum absolute atomic E-state index is 12.3. The Labute approximate surface area is 142 Å². The highest BCUT2D eigenvalue weighted by Gasteiger charge is 2.33. The van der Waals surface area contributed by atoms with Crippen molar-refractivity contribution in [3.05, 3.63) is 29.8 Å². The molecule has 1 aliphatic heterocycles. The molecule has 2 aromatic rings. The van der Waals surface area contributed by atoms with Gasteiger partial charge in [-0.25, -0.2) is 0 Å². The summed E-state index contributed by atoms with van der Waals surface area (Å²) in [7, 11) is 0. The minimum absolute atomic E-state index is 0.0523. The molecule has 23 heavy (non-hydrogen) atoms. The summed E-state index contributed by atoms with van der Waals surface area (Å²) in [5.41, 5.74) is 2.43. The summed E-state index contributed by atoms with van der Waals surface area (Å²) >= 11 is 3.02. The van der Waals surface area contributed by atoms with Crippen molar-refractivity contribution in [2.24, 2.45) is 5.92 Å². The van der Waals surface area contributed by atoms with E-state index >= 15 is 0 Å².